The number of rotatable bonds is 11. The van der Waals surface area contributed by atoms with Crippen LogP contribution in [-0.4, -0.2) is 42.4 Å². The van der Waals surface area contributed by atoms with Crippen LogP contribution in [0.15, 0.2) is 65.3 Å². The van der Waals surface area contributed by atoms with Crippen molar-refractivity contribution in [3.05, 3.63) is 72.2 Å². The highest BCUT2D eigenvalue weighted by Crippen LogP contribution is 2.20. The molecule has 33 heavy (non-hydrogen) atoms. The van der Waals surface area contributed by atoms with Crippen LogP contribution in [0.25, 0.3) is 10.8 Å². The molecule has 0 radical (unpaired) electrons. The number of nitrogens with one attached hydrogen (secondary N) is 2. The van der Waals surface area contributed by atoms with Gasteiger partial charge in [-0.1, -0.05) is 70.2 Å². The summed E-state index contributed by atoms with van der Waals surface area (Å²) in [7, 11) is 0. The summed E-state index contributed by atoms with van der Waals surface area (Å²) in [6.45, 7) is 10.2. The summed E-state index contributed by atoms with van der Waals surface area (Å²) in [6.07, 6.45) is 1.88. The fourth-order valence-electron chi connectivity index (χ4n) is 4.16. The van der Waals surface area contributed by atoms with E-state index in [2.05, 4.69) is 29.4 Å². The molecule has 0 aliphatic heterocycles. The molecule has 3 rings (SSSR count). The number of carbonyl (C=O) groups is 2. The van der Waals surface area contributed by atoms with E-state index in [0.717, 1.165) is 35.2 Å². The van der Waals surface area contributed by atoms with Crippen molar-refractivity contribution in [2.75, 3.05) is 19.6 Å². The van der Waals surface area contributed by atoms with Crippen molar-refractivity contribution >= 4 is 22.6 Å². The topological polar surface area (TPSA) is 74.6 Å². The molecule has 2 N–H and O–H groups in total. The fraction of sp³-hybridized carbons (Fsp3) is 0.407. The zero-order valence-electron chi connectivity index (χ0n) is 20.0. The van der Waals surface area contributed by atoms with Crippen LogP contribution in [0.3, 0.4) is 0 Å². The molecule has 176 valence electrons. The average Bonchev–Trinajstić information content (AvgIpc) is 3.34. The SMILES string of the molecule is CCN(CC)C(CNC(=O)C(NC(=O)Cc1ccc2ccccc2c1)C(C)C)c1ccco1. The van der Waals surface area contributed by atoms with E-state index in [1.807, 2.05) is 68.4 Å². The first kappa shape index (κ1) is 24.5. The van der Waals surface area contributed by atoms with E-state index < -0.39 is 6.04 Å². The van der Waals surface area contributed by atoms with E-state index in [1.54, 1.807) is 6.26 Å². The Balaban J connectivity index is 1.63. The van der Waals surface area contributed by atoms with E-state index in [-0.39, 0.29) is 30.2 Å². The number of hydrogen-bond acceptors (Lipinski definition) is 4. The van der Waals surface area contributed by atoms with Gasteiger partial charge in [0.05, 0.1) is 18.7 Å². The highest BCUT2D eigenvalue weighted by Gasteiger charge is 2.27. The third-order valence-corrected chi connectivity index (χ3v) is 6.04. The maximum atomic E-state index is 13.0. The van der Waals surface area contributed by atoms with E-state index >= 15 is 0 Å². The highest BCUT2D eigenvalue weighted by atomic mass is 16.3. The summed E-state index contributed by atoms with van der Waals surface area (Å²) in [5.41, 5.74) is 0.925. The summed E-state index contributed by atoms with van der Waals surface area (Å²) in [4.78, 5) is 28.1. The van der Waals surface area contributed by atoms with Gasteiger partial charge in [0.1, 0.15) is 11.8 Å². The lowest BCUT2D eigenvalue weighted by molar-refractivity contribution is -0.130. The number of furan rings is 1. The van der Waals surface area contributed by atoms with Gasteiger partial charge in [0, 0.05) is 6.54 Å². The van der Waals surface area contributed by atoms with Crippen molar-refractivity contribution in [2.45, 2.75) is 46.2 Å². The van der Waals surface area contributed by atoms with Crippen LogP contribution in [0.4, 0.5) is 0 Å². The number of carbonyl (C=O) groups excluding carboxylic acids is 2. The molecule has 2 amide bonds. The molecule has 2 atom stereocenters. The van der Waals surface area contributed by atoms with Crippen molar-refractivity contribution in [2.24, 2.45) is 5.92 Å². The van der Waals surface area contributed by atoms with Crippen molar-refractivity contribution < 1.29 is 14.0 Å². The van der Waals surface area contributed by atoms with Crippen LogP contribution >= 0.6 is 0 Å². The molecule has 3 aromatic rings. The molecule has 2 aromatic carbocycles. The predicted molar refractivity (Wildman–Crippen MR) is 132 cm³/mol. The smallest absolute Gasteiger partial charge is 0.242 e. The Morgan fingerprint density at radius 1 is 0.970 bits per heavy atom. The molecule has 0 aliphatic rings. The maximum Gasteiger partial charge on any atom is 0.242 e. The lowest BCUT2D eigenvalue weighted by Gasteiger charge is -2.29. The van der Waals surface area contributed by atoms with E-state index in [0.29, 0.717) is 6.54 Å². The summed E-state index contributed by atoms with van der Waals surface area (Å²) >= 11 is 0. The molecular weight excluding hydrogens is 414 g/mol. The van der Waals surface area contributed by atoms with Gasteiger partial charge in [0.15, 0.2) is 0 Å². The molecule has 0 bridgehead atoms. The normalized spacial score (nSPS) is 13.3. The number of benzene rings is 2. The molecule has 2 unspecified atom stereocenters. The second-order valence-electron chi connectivity index (χ2n) is 8.65. The number of hydrogen-bond donors (Lipinski definition) is 2. The zero-order chi connectivity index (χ0) is 23.8. The molecule has 0 saturated carbocycles. The van der Waals surface area contributed by atoms with Gasteiger partial charge in [0.2, 0.25) is 11.8 Å². The predicted octanol–water partition coefficient (Wildman–Crippen LogP) is 4.32. The molecular formula is C27H35N3O3. The van der Waals surface area contributed by atoms with Gasteiger partial charge in [-0.15, -0.1) is 0 Å². The van der Waals surface area contributed by atoms with Crippen LogP contribution in [0.1, 0.15) is 45.1 Å². The number of fused-ring (bicyclic) bond motifs is 1. The van der Waals surface area contributed by atoms with Crippen LogP contribution in [0.2, 0.25) is 0 Å². The second-order valence-corrected chi connectivity index (χ2v) is 8.65. The second kappa shape index (κ2) is 11.7. The largest absolute Gasteiger partial charge is 0.468 e. The first-order chi connectivity index (χ1) is 15.9. The van der Waals surface area contributed by atoms with E-state index in [1.165, 1.54) is 0 Å². The Hall–Kier alpha value is -3.12. The van der Waals surface area contributed by atoms with Crippen LogP contribution in [-0.2, 0) is 16.0 Å². The van der Waals surface area contributed by atoms with Crippen molar-refractivity contribution in [3.63, 3.8) is 0 Å². The third kappa shape index (κ3) is 6.45. The van der Waals surface area contributed by atoms with Crippen LogP contribution in [0, 0.1) is 5.92 Å². The molecule has 6 heteroatoms. The van der Waals surface area contributed by atoms with Crippen LogP contribution < -0.4 is 10.6 Å². The Kier molecular flexibility index (Phi) is 8.66. The molecule has 6 nitrogen and oxygen atoms in total. The lowest BCUT2D eigenvalue weighted by Crippen LogP contribution is -2.51. The Morgan fingerprint density at radius 2 is 1.70 bits per heavy atom. The number of amides is 2. The molecule has 1 aromatic heterocycles. The molecule has 1 heterocycles. The van der Waals surface area contributed by atoms with Gasteiger partial charge in [0.25, 0.3) is 0 Å². The number of nitrogens with zero attached hydrogens (tertiary/aromatic N) is 1. The minimum Gasteiger partial charge on any atom is -0.468 e. The standard InChI is InChI=1S/C27H35N3O3/c1-5-30(6-2)23(24-12-9-15-33-24)18-28-27(32)26(19(3)4)29-25(31)17-20-13-14-21-10-7-8-11-22(21)16-20/h7-16,19,23,26H,5-6,17-18H2,1-4H3,(H,28,32)(H,29,31). The Labute approximate surface area is 196 Å². The summed E-state index contributed by atoms with van der Waals surface area (Å²) in [6, 6.07) is 17.2. The minimum atomic E-state index is -0.605. The van der Waals surface area contributed by atoms with Crippen molar-refractivity contribution in [3.8, 4) is 0 Å². The van der Waals surface area contributed by atoms with Gasteiger partial charge < -0.3 is 15.1 Å². The minimum absolute atomic E-state index is 0.0407. The molecule has 0 saturated heterocycles. The molecule has 0 spiro atoms. The number of likely N-dealkylation sites (N-methyl/N-ethyl adjacent to an activating group) is 1. The quantitative estimate of drug-likeness (QED) is 0.457. The zero-order valence-corrected chi connectivity index (χ0v) is 20.0. The Bertz CT molecular complexity index is 1040. The van der Waals surface area contributed by atoms with Crippen molar-refractivity contribution in [1.82, 2.24) is 15.5 Å². The summed E-state index contributed by atoms with van der Waals surface area (Å²) < 4.78 is 5.62. The molecule has 0 aliphatic carbocycles. The average molecular weight is 450 g/mol. The maximum absolute atomic E-state index is 13.0. The van der Waals surface area contributed by atoms with Gasteiger partial charge in [-0.2, -0.15) is 0 Å². The van der Waals surface area contributed by atoms with Gasteiger partial charge in [-0.3, -0.25) is 14.5 Å². The van der Waals surface area contributed by atoms with E-state index in [9.17, 15) is 9.59 Å². The fourth-order valence-corrected chi connectivity index (χ4v) is 4.16. The monoisotopic (exact) mass is 449 g/mol. The van der Waals surface area contributed by atoms with Crippen molar-refractivity contribution in [1.29, 1.82) is 0 Å². The summed E-state index contributed by atoms with van der Waals surface area (Å²) in [5, 5.41) is 8.22. The van der Waals surface area contributed by atoms with Gasteiger partial charge >= 0.3 is 0 Å². The lowest BCUT2D eigenvalue weighted by atomic mass is 10.0. The highest BCUT2D eigenvalue weighted by molar-refractivity contribution is 5.89. The van der Waals surface area contributed by atoms with Gasteiger partial charge in [-0.25, -0.2) is 0 Å². The summed E-state index contributed by atoms with van der Waals surface area (Å²) in [5.74, 6) is 0.438. The third-order valence-electron chi connectivity index (χ3n) is 6.04. The van der Waals surface area contributed by atoms with Gasteiger partial charge in [-0.05, 0) is 47.5 Å². The Morgan fingerprint density at radius 3 is 2.33 bits per heavy atom. The first-order valence-electron chi connectivity index (χ1n) is 11.7. The molecule has 0 fully saturated rings. The van der Waals surface area contributed by atoms with E-state index in [4.69, 9.17) is 4.42 Å². The first-order valence-corrected chi connectivity index (χ1v) is 11.7. The van der Waals surface area contributed by atoms with Crippen LogP contribution in [0.5, 0.6) is 0 Å².